The third kappa shape index (κ3) is 3.43. The van der Waals surface area contributed by atoms with Gasteiger partial charge in [0.1, 0.15) is 6.42 Å². The van der Waals surface area contributed by atoms with Crippen LogP contribution >= 0.6 is 0 Å². The van der Waals surface area contributed by atoms with Gasteiger partial charge in [-0.1, -0.05) is 0 Å². The van der Waals surface area contributed by atoms with Gasteiger partial charge in [0, 0.05) is 12.1 Å². The lowest BCUT2D eigenvalue weighted by Crippen LogP contribution is -2.41. The zero-order valence-electron chi connectivity index (χ0n) is 10.2. The van der Waals surface area contributed by atoms with E-state index in [-0.39, 0.29) is 18.4 Å². The summed E-state index contributed by atoms with van der Waals surface area (Å²) < 4.78 is 4.74. The van der Waals surface area contributed by atoms with Crippen LogP contribution in [0.15, 0.2) is 0 Å². The number of fused-ring (bicyclic) bond motifs is 2. The second kappa shape index (κ2) is 5.49. The Morgan fingerprint density at radius 2 is 2.18 bits per heavy atom. The van der Waals surface area contributed by atoms with Gasteiger partial charge in [-0.2, -0.15) is 0 Å². The van der Waals surface area contributed by atoms with Crippen LogP contribution < -0.4 is 10.6 Å². The minimum Gasteiger partial charge on any atom is -0.466 e. The largest absolute Gasteiger partial charge is 0.466 e. The number of ether oxygens (including phenoxy) is 1. The molecule has 2 aliphatic rings. The van der Waals surface area contributed by atoms with Gasteiger partial charge in [0.2, 0.25) is 5.91 Å². The SMILES string of the molecule is CCOC(=O)CC(=O)NC1CC2CNC(C2)C1. The van der Waals surface area contributed by atoms with E-state index in [1.54, 1.807) is 6.92 Å². The molecule has 5 heteroatoms. The van der Waals surface area contributed by atoms with E-state index in [1.807, 2.05) is 0 Å². The van der Waals surface area contributed by atoms with Crippen LogP contribution in [-0.4, -0.2) is 37.1 Å². The van der Waals surface area contributed by atoms with Crippen molar-refractivity contribution in [3.05, 3.63) is 0 Å². The van der Waals surface area contributed by atoms with Gasteiger partial charge in [-0.3, -0.25) is 9.59 Å². The first-order valence-electron chi connectivity index (χ1n) is 6.35. The molecule has 0 spiro atoms. The highest BCUT2D eigenvalue weighted by atomic mass is 16.5. The van der Waals surface area contributed by atoms with Crippen molar-refractivity contribution in [2.45, 2.75) is 44.7 Å². The summed E-state index contributed by atoms with van der Waals surface area (Å²) in [6.07, 6.45) is 3.07. The summed E-state index contributed by atoms with van der Waals surface area (Å²) in [6, 6.07) is 0.761. The second-order valence-corrected chi connectivity index (χ2v) is 4.92. The second-order valence-electron chi connectivity index (χ2n) is 4.92. The summed E-state index contributed by atoms with van der Waals surface area (Å²) in [5, 5.41) is 6.37. The number of rotatable bonds is 4. The molecule has 2 N–H and O–H groups in total. The highest BCUT2D eigenvalue weighted by molar-refractivity contribution is 5.94. The van der Waals surface area contributed by atoms with Crippen LogP contribution in [0.25, 0.3) is 0 Å². The molecule has 1 heterocycles. The molecule has 0 aromatic carbocycles. The number of hydrogen-bond acceptors (Lipinski definition) is 4. The Balaban J connectivity index is 1.73. The van der Waals surface area contributed by atoms with Gasteiger partial charge < -0.3 is 15.4 Å². The normalized spacial score (nSPS) is 31.0. The molecular weight excluding hydrogens is 220 g/mol. The molecule has 3 atom stereocenters. The summed E-state index contributed by atoms with van der Waals surface area (Å²) in [4.78, 5) is 22.7. The lowest BCUT2D eigenvalue weighted by Gasteiger charge is -2.27. The van der Waals surface area contributed by atoms with E-state index in [0.29, 0.717) is 18.6 Å². The van der Waals surface area contributed by atoms with E-state index in [2.05, 4.69) is 10.6 Å². The minimum atomic E-state index is -0.443. The Morgan fingerprint density at radius 1 is 1.35 bits per heavy atom. The molecule has 0 radical (unpaired) electrons. The molecule has 2 fully saturated rings. The van der Waals surface area contributed by atoms with Gasteiger partial charge in [-0.15, -0.1) is 0 Å². The van der Waals surface area contributed by atoms with Crippen LogP contribution in [0, 0.1) is 5.92 Å². The van der Waals surface area contributed by atoms with E-state index in [1.165, 1.54) is 6.42 Å². The zero-order chi connectivity index (χ0) is 12.3. The molecule has 96 valence electrons. The number of carbonyl (C=O) groups is 2. The Hall–Kier alpha value is -1.10. The van der Waals surface area contributed by atoms with E-state index in [0.717, 1.165) is 19.4 Å². The van der Waals surface area contributed by atoms with Gasteiger partial charge in [0.15, 0.2) is 0 Å². The van der Waals surface area contributed by atoms with Crippen LogP contribution in [0.2, 0.25) is 0 Å². The number of carbonyl (C=O) groups excluding carboxylic acids is 2. The number of esters is 1. The van der Waals surface area contributed by atoms with Crippen LogP contribution in [0.5, 0.6) is 0 Å². The maximum atomic E-state index is 11.6. The minimum absolute atomic E-state index is 0.160. The van der Waals surface area contributed by atoms with E-state index in [4.69, 9.17) is 4.74 Å². The highest BCUT2D eigenvalue weighted by Crippen LogP contribution is 2.29. The molecule has 1 amide bonds. The van der Waals surface area contributed by atoms with Crippen LogP contribution in [0.4, 0.5) is 0 Å². The first-order valence-corrected chi connectivity index (χ1v) is 6.35. The van der Waals surface area contributed by atoms with Gasteiger partial charge in [-0.05, 0) is 38.6 Å². The van der Waals surface area contributed by atoms with Gasteiger partial charge in [-0.25, -0.2) is 0 Å². The maximum Gasteiger partial charge on any atom is 0.315 e. The fourth-order valence-electron chi connectivity index (χ4n) is 2.84. The fraction of sp³-hybridized carbons (Fsp3) is 0.833. The third-order valence-electron chi connectivity index (χ3n) is 3.48. The van der Waals surface area contributed by atoms with Crippen molar-refractivity contribution in [2.75, 3.05) is 13.2 Å². The molecule has 17 heavy (non-hydrogen) atoms. The standard InChI is InChI=1S/C12H20N2O3/c1-2-17-12(16)6-11(15)14-10-4-8-3-9(5-10)13-7-8/h8-10,13H,2-7H2,1H3,(H,14,15). The molecular formula is C12H20N2O3. The molecule has 1 aliphatic carbocycles. The Bertz CT molecular complexity index is 294. The quantitative estimate of drug-likeness (QED) is 0.544. The molecule has 0 aromatic rings. The van der Waals surface area contributed by atoms with Gasteiger partial charge in [0.05, 0.1) is 6.61 Å². The molecule has 1 aliphatic heterocycles. The molecule has 1 saturated heterocycles. The van der Waals surface area contributed by atoms with E-state index in [9.17, 15) is 9.59 Å². The predicted octanol–water partition coefficient (Wildman–Crippen LogP) is 0.196. The summed E-state index contributed by atoms with van der Waals surface area (Å²) in [5.74, 6) is 0.0262. The summed E-state index contributed by atoms with van der Waals surface area (Å²) >= 11 is 0. The van der Waals surface area contributed by atoms with Crippen molar-refractivity contribution in [1.82, 2.24) is 10.6 Å². The highest BCUT2D eigenvalue weighted by Gasteiger charge is 2.34. The lowest BCUT2D eigenvalue weighted by molar-refractivity contribution is -0.146. The summed E-state index contributed by atoms with van der Waals surface area (Å²) in [5.41, 5.74) is 0. The molecule has 1 saturated carbocycles. The smallest absolute Gasteiger partial charge is 0.315 e. The molecule has 2 rings (SSSR count). The molecule has 5 nitrogen and oxygen atoms in total. The van der Waals surface area contributed by atoms with Crippen molar-refractivity contribution < 1.29 is 14.3 Å². The Morgan fingerprint density at radius 3 is 2.88 bits per heavy atom. The van der Waals surface area contributed by atoms with Crippen molar-refractivity contribution in [1.29, 1.82) is 0 Å². The summed E-state index contributed by atoms with van der Waals surface area (Å²) in [6.45, 7) is 3.12. The van der Waals surface area contributed by atoms with E-state index < -0.39 is 5.97 Å². The van der Waals surface area contributed by atoms with Crippen molar-refractivity contribution >= 4 is 11.9 Å². The number of amides is 1. The molecule has 3 unspecified atom stereocenters. The van der Waals surface area contributed by atoms with Crippen LogP contribution in [0.3, 0.4) is 0 Å². The first kappa shape index (κ1) is 12.4. The molecule has 0 aromatic heterocycles. The van der Waals surface area contributed by atoms with Crippen LogP contribution in [-0.2, 0) is 14.3 Å². The topological polar surface area (TPSA) is 67.4 Å². The van der Waals surface area contributed by atoms with E-state index >= 15 is 0 Å². The average Bonchev–Trinajstić information content (AvgIpc) is 2.58. The lowest BCUT2D eigenvalue weighted by atomic mass is 9.86. The van der Waals surface area contributed by atoms with Gasteiger partial charge in [0.25, 0.3) is 0 Å². The van der Waals surface area contributed by atoms with Crippen LogP contribution in [0.1, 0.15) is 32.6 Å². The maximum absolute atomic E-state index is 11.6. The summed E-state index contributed by atoms with van der Waals surface area (Å²) in [7, 11) is 0. The number of nitrogens with one attached hydrogen (secondary N) is 2. The first-order chi connectivity index (χ1) is 8.17. The van der Waals surface area contributed by atoms with Crippen molar-refractivity contribution in [3.63, 3.8) is 0 Å². The zero-order valence-corrected chi connectivity index (χ0v) is 10.2. The average molecular weight is 240 g/mol. The molecule has 2 bridgehead atoms. The van der Waals surface area contributed by atoms with Crippen molar-refractivity contribution in [3.8, 4) is 0 Å². The third-order valence-corrected chi connectivity index (χ3v) is 3.48. The Labute approximate surface area is 101 Å². The van der Waals surface area contributed by atoms with Gasteiger partial charge >= 0.3 is 5.97 Å². The number of hydrogen-bond donors (Lipinski definition) is 2. The monoisotopic (exact) mass is 240 g/mol. The fourth-order valence-corrected chi connectivity index (χ4v) is 2.84. The Kier molecular flexibility index (Phi) is 3.99. The van der Waals surface area contributed by atoms with Crippen molar-refractivity contribution in [2.24, 2.45) is 5.92 Å². The predicted molar refractivity (Wildman–Crippen MR) is 62.3 cm³/mol.